The summed E-state index contributed by atoms with van der Waals surface area (Å²) in [5.74, 6) is 0.178. The average molecular weight is 230 g/mol. The van der Waals surface area contributed by atoms with Crippen molar-refractivity contribution < 1.29 is 14.6 Å². The molecule has 1 rings (SSSR count). The van der Waals surface area contributed by atoms with Gasteiger partial charge in [0.1, 0.15) is 5.60 Å². The van der Waals surface area contributed by atoms with Crippen LogP contribution in [0.3, 0.4) is 0 Å². The summed E-state index contributed by atoms with van der Waals surface area (Å²) in [6, 6.07) is -0.243. The fourth-order valence-corrected chi connectivity index (χ4v) is 1.78. The van der Waals surface area contributed by atoms with E-state index in [1.165, 1.54) is 0 Å². The van der Waals surface area contributed by atoms with Crippen LogP contribution in [0.4, 0.5) is 4.79 Å². The van der Waals surface area contributed by atoms with Gasteiger partial charge in [0.15, 0.2) is 0 Å². The van der Waals surface area contributed by atoms with E-state index in [0.717, 1.165) is 6.42 Å². The van der Waals surface area contributed by atoms with Gasteiger partial charge in [-0.3, -0.25) is 0 Å². The highest BCUT2D eigenvalue weighted by Crippen LogP contribution is 2.21. The van der Waals surface area contributed by atoms with Crippen LogP contribution in [0.1, 0.15) is 27.2 Å². The monoisotopic (exact) mass is 230 g/mol. The molecule has 0 spiro atoms. The zero-order valence-corrected chi connectivity index (χ0v) is 10.3. The molecule has 1 aliphatic heterocycles. The number of carbonyl (C=O) groups excluding carboxylic acids is 1. The van der Waals surface area contributed by atoms with Gasteiger partial charge in [0.25, 0.3) is 0 Å². The molecule has 0 saturated carbocycles. The van der Waals surface area contributed by atoms with E-state index in [9.17, 15) is 4.79 Å². The number of nitrogens with two attached hydrogens (primary N) is 1. The second kappa shape index (κ2) is 5.01. The lowest BCUT2D eigenvalue weighted by atomic mass is 10.0. The number of likely N-dealkylation sites (tertiary alicyclic amines) is 1. The summed E-state index contributed by atoms with van der Waals surface area (Å²) < 4.78 is 5.27. The largest absolute Gasteiger partial charge is 0.444 e. The molecular weight excluding hydrogens is 208 g/mol. The highest BCUT2D eigenvalue weighted by Gasteiger charge is 2.32. The first kappa shape index (κ1) is 13.3. The number of hydrogen-bond acceptors (Lipinski definition) is 4. The van der Waals surface area contributed by atoms with Gasteiger partial charge >= 0.3 is 6.09 Å². The van der Waals surface area contributed by atoms with Gasteiger partial charge in [0, 0.05) is 19.1 Å². The molecule has 16 heavy (non-hydrogen) atoms. The molecule has 0 aromatic carbocycles. The fraction of sp³-hybridized carbons (Fsp3) is 0.909. The van der Waals surface area contributed by atoms with Crippen LogP contribution in [0.25, 0.3) is 0 Å². The number of carbonyl (C=O) groups is 1. The van der Waals surface area contributed by atoms with Gasteiger partial charge in [0.05, 0.1) is 6.61 Å². The van der Waals surface area contributed by atoms with Crippen molar-refractivity contribution in [3.05, 3.63) is 0 Å². The summed E-state index contributed by atoms with van der Waals surface area (Å²) in [7, 11) is 0. The third kappa shape index (κ3) is 3.64. The van der Waals surface area contributed by atoms with Crippen LogP contribution in [0, 0.1) is 5.92 Å². The lowest BCUT2D eigenvalue weighted by Gasteiger charge is -2.25. The van der Waals surface area contributed by atoms with Gasteiger partial charge in [-0.05, 0) is 33.1 Å². The molecule has 94 valence electrons. The zero-order valence-electron chi connectivity index (χ0n) is 10.3. The van der Waals surface area contributed by atoms with Crippen LogP contribution in [0.15, 0.2) is 0 Å². The molecule has 1 heterocycles. The molecule has 5 nitrogen and oxygen atoms in total. The summed E-state index contributed by atoms with van der Waals surface area (Å²) in [5, 5.41) is 8.95. The van der Waals surface area contributed by atoms with E-state index in [4.69, 9.17) is 15.6 Å². The molecule has 0 bridgehead atoms. The lowest BCUT2D eigenvalue weighted by molar-refractivity contribution is 0.0284. The molecule has 5 heteroatoms. The summed E-state index contributed by atoms with van der Waals surface area (Å²) in [5.41, 5.74) is 5.28. The first-order valence-corrected chi connectivity index (χ1v) is 5.68. The Hall–Kier alpha value is -0.810. The Balaban J connectivity index is 2.44. The molecule has 1 saturated heterocycles. The Morgan fingerprint density at radius 2 is 2.25 bits per heavy atom. The van der Waals surface area contributed by atoms with E-state index in [1.54, 1.807) is 4.90 Å². The predicted molar refractivity (Wildman–Crippen MR) is 61.0 cm³/mol. The summed E-state index contributed by atoms with van der Waals surface area (Å²) in [6.07, 6.45) is 0.543. The molecule has 1 aliphatic rings. The van der Waals surface area contributed by atoms with Gasteiger partial charge in [-0.2, -0.15) is 0 Å². The molecular formula is C11H22N2O3. The Kier molecular flexibility index (Phi) is 4.15. The van der Waals surface area contributed by atoms with Crippen LogP contribution in [-0.2, 0) is 4.74 Å². The Labute approximate surface area is 96.6 Å². The molecule has 0 aliphatic carbocycles. The average Bonchev–Trinajstić information content (AvgIpc) is 2.62. The Morgan fingerprint density at radius 3 is 2.75 bits per heavy atom. The van der Waals surface area contributed by atoms with Crippen LogP contribution >= 0.6 is 0 Å². The first-order chi connectivity index (χ1) is 7.33. The van der Waals surface area contributed by atoms with Crippen LogP contribution < -0.4 is 5.73 Å². The third-order valence-electron chi connectivity index (χ3n) is 2.69. The number of aliphatic hydroxyl groups excluding tert-OH is 1. The summed E-state index contributed by atoms with van der Waals surface area (Å²) in [6.45, 7) is 6.74. The van der Waals surface area contributed by atoms with Crippen molar-refractivity contribution in [2.75, 3.05) is 19.7 Å². The lowest BCUT2D eigenvalue weighted by Crippen LogP contribution is -2.38. The number of rotatable bonds is 2. The zero-order chi connectivity index (χ0) is 12.3. The highest BCUT2D eigenvalue weighted by molar-refractivity contribution is 5.68. The number of aliphatic hydroxyl groups is 1. The standard InChI is InChI=1S/C11H22N2O3/c1-11(2,3)16-10(15)13-5-4-8(6-13)9(12)7-14/h8-9,14H,4-7,12H2,1-3H3/t8?,9-/m1/s1. The van der Waals surface area contributed by atoms with E-state index < -0.39 is 5.60 Å². The molecule has 1 amide bonds. The van der Waals surface area contributed by atoms with Gasteiger partial charge in [-0.25, -0.2) is 4.79 Å². The van der Waals surface area contributed by atoms with Gasteiger partial charge in [0.2, 0.25) is 0 Å². The predicted octanol–water partition coefficient (Wildman–Crippen LogP) is 0.563. The number of nitrogens with zero attached hydrogens (tertiary/aromatic N) is 1. The number of amides is 1. The van der Waals surface area contributed by atoms with Crippen LogP contribution in [-0.4, -0.2) is 47.4 Å². The minimum Gasteiger partial charge on any atom is -0.444 e. The first-order valence-electron chi connectivity index (χ1n) is 5.68. The minimum absolute atomic E-state index is 0.0349. The van der Waals surface area contributed by atoms with Crippen molar-refractivity contribution in [2.24, 2.45) is 11.7 Å². The minimum atomic E-state index is -0.464. The topological polar surface area (TPSA) is 75.8 Å². The van der Waals surface area contributed by atoms with Crippen molar-refractivity contribution in [1.29, 1.82) is 0 Å². The van der Waals surface area contributed by atoms with E-state index in [2.05, 4.69) is 0 Å². The maximum atomic E-state index is 11.7. The fourth-order valence-electron chi connectivity index (χ4n) is 1.78. The smallest absolute Gasteiger partial charge is 0.410 e. The van der Waals surface area contributed by atoms with E-state index in [0.29, 0.717) is 13.1 Å². The molecule has 0 aromatic rings. The van der Waals surface area contributed by atoms with Crippen molar-refractivity contribution in [3.63, 3.8) is 0 Å². The Morgan fingerprint density at radius 1 is 1.62 bits per heavy atom. The SMILES string of the molecule is CC(C)(C)OC(=O)N1CCC([C@H](N)CO)C1. The quantitative estimate of drug-likeness (QED) is 0.727. The second-order valence-corrected chi connectivity index (χ2v) is 5.32. The maximum absolute atomic E-state index is 11.7. The molecule has 1 fully saturated rings. The van der Waals surface area contributed by atoms with Gasteiger partial charge in [-0.15, -0.1) is 0 Å². The van der Waals surface area contributed by atoms with E-state index >= 15 is 0 Å². The van der Waals surface area contributed by atoms with Gasteiger partial charge < -0.3 is 20.5 Å². The van der Waals surface area contributed by atoms with E-state index in [1.807, 2.05) is 20.8 Å². The second-order valence-electron chi connectivity index (χ2n) is 5.32. The summed E-state index contributed by atoms with van der Waals surface area (Å²) >= 11 is 0. The number of ether oxygens (including phenoxy) is 1. The van der Waals surface area contributed by atoms with Crippen LogP contribution in [0.5, 0.6) is 0 Å². The maximum Gasteiger partial charge on any atom is 0.410 e. The van der Waals surface area contributed by atoms with Crippen molar-refractivity contribution >= 4 is 6.09 Å². The van der Waals surface area contributed by atoms with E-state index in [-0.39, 0.29) is 24.7 Å². The van der Waals surface area contributed by atoms with Crippen molar-refractivity contribution in [3.8, 4) is 0 Å². The molecule has 2 atom stereocenters. The number of hydrogen-bond donors (Lipinski definition) is 2. The normalized spacial score (nSPS) is 23.3. The molecule has 1 unspecified atom stereocenters. The highest BCUT2D eigenvalue weighted by atomic mass is 16.6. The van der Waals surface area contributed by atoms with Crippen molar-refractivity contribution in [2.45, 2.75) is 38.8 Å². The Bertz CT molecular complexity index is 250. The van der Waals surface area contributed by atoms with Gasteiger partial charge in [-0.1, -0.05) is 0 Å². The molecule has 0 aromatic heterocycles. The summed E-state index contributed by atoms with van der Waals surface area (Å²) in [4.78, 5) is 13.4. The molecule has 0 radical (unpaired) electrons. The molecule has 3 N–H and O–H groups in total. The van der Waals surface area contributed by atoms with Crippen molar-refractivity contribution in [1.82, 2.24) is 4.90 Å². The third-order valence-corrected chi connectivity index (χ3v) is 2.69. The van der Waals surface area contributed by atoms with Crippen LogP contribution in [0.2, 0.25) is 0 Å².